The van der Waals surface area contributed by atoms with Crippen molar-refractivity contribution in [2.24, 2.45) is 5.92 Å². The average molecular weight is 403 g/mol. The van der Waals surface area contributed by atoms with E-state index in [4.69, 9.17) is 4.74 Å². The van der Waals surface area contributed by atoms with Crippen molar-refractivity contribution in [1.82, 2.24) is 14.8 Å². The van der Waals surface area contributed by atoms with Crippen LogP contribution in [0.1, 0.15) is 43.6 Å². The van der Waals surface area contributed by atoms with Crippen LogP contribution in [0, 0.1) is 17.8 Å². The maximum atomic E-state index is 13.2. The first-order chi connectivity index (χ1) is 13.6. The summed E-state index contributed by atoms with van der Waals surface area (Å²) in [7, 11) is 1.69. The minimum atomic E-state index is -0.804. The van der Waals surface area contributed by atoms with Crippen LogP contribution in [0.4, 0.5) is 0 Å². The Kier molecular flexibility index (Phi) is 7.59. The molecular formula is C21H29N3O5. The van der Waals surface area contributed by atoms with Gasteiger partial charge in [-0.2, -0.15) is 0 Å². The number of nitrogens with zero attached hydrogens (tertiary/aromatic N) is 3. The first kappa shape index (κ1) is 22.7. The molecule has 0 aromatic carbocycles. The Morgan fingerprint density at radius 3 is 2.76 bits per heavy atom. The molecule has 158 valence electrons. The number of likely N-dealkylation sites (N-methyl/N-ethyl adjacent to an activating group) is 1. The van der Waals surface area contributed by atoms with Gasteiger partial charge in [-0.3, -0.25) is 9.59 Å². The fraction of sp³-hybridized carbons (Fsp3) is 0.571. The molecule has 0 radical (unpaired) electrons. The van der Waals surface area contributed by atoms with Gasteiger partial charge in [-0.15, -0.1) is 0 Å². The second kappa shape index (κ2) is 9.72. The maximum Gasteiger partial charge on any atom is 0.259 e. The van der Waals surface area contributed by atoms with Gasteiger partial charge in [0.2, 0.25) is 11.8 Å². The molecule has 1 aliphatic rings. The molecule has 0 saturated carbocycles. The lowest BCUT2D eigenvalue weighted by molar-refractivity contribution is -0.129. The molecule has 2 rings (SSSR count). The molecule has 29 heavy (non-hydrogen) atoms. The number of hydrogen-bond donors (Lipinski definition) is 2. The number of aliphatic hydroxyl groups is 2. The molecule has 0 unspecified atom stereocenters. The molecule has 0 fully saturated rings. The SMILES string of the molecule is CC(=O)N(C)C[C@H]1Oc2ncc(C#C[C@H](C)O)cc2C(=O)N([C@@H](C)CO)C[C@@H]1C. The van der Waals surface area contributed by atoms with Gasteiger partial charge in [0.25, 0.3) is 5.91 Å². The van der Waals surface area contributed by atoms with E-state index < -0.39 is 12.1 Å². The Labute approximate surface area is 171 Å². The number of pyridine rings is 1. The van der Waals surface area contributed by atoms with Gasteiger partial charge < -0.3 is 24.7 Å². The van der Waals surface area contributed by atoms with E-state index in [1.54, 1.807) is 36.8 Å². The minimum absolute atomic E-state index is 0.0866. The maximum absolute atomic E-state index is 13.2. The van der Waals surface area contributed by atoms with E-state index in [9.17, 15) is 19.8 Å². The Bertz CT molecular complexity index is 814. The molecule has 4 atom stereocenters. The van der Waals surface area contributed by atoms with Crippen molar-refractivity contribution in [3.8, 4) is 17.7 Å². The molecule has 0 spiro atoms. The molecular weight excluding hydrogens is 374 g/mol. The van der Waals surface area contributed by atoms with Crippen LogP contribution in [0.3, 0.4) is 0 Å². The smallest absolute Gasteiger partial charge is 0.259 e. The zero-order valence-corrected chi connectivity index (χ0v) is 17.5. The number of aromatic nitrogens is 1. The number of amides is 2. The fourth-order valence-electron chi connectivity index (χ4n) is 2.97. The van der Waals surface area contributed by atoms with E-state index in [-0.39, 0.29) is 41.9 Å². The molecule has 2 amide bonds. The highest BCUT2D eigenvalue weighted by Gasteiger charge is 2.34. The number of carbonyl (C=O) groups is 2. The van der Waals surface area contributed by atoms with E-state index in [2.05, 4.69) is 16.8 Å². The highest BCUT2D eigenvalue weighted by Crippen LogP contribution is 2.27. The third-order valence-corrected chi connectivity index (χ3v) is 4.94. The quantitative estimate of drug-likeness (QED) is 0.710. The van der Waals surface area contributed by atoms with Gasteiger partial charge >= 0.3 is 0 Å². The Balaban J connectivity index is 2.49. The molecule has 8 nitrogen and oxygen atoms in total. The van der Waals surface area contributed by atoms with Crippen molar-refractivity contribution in [2.75, 3.05) is 26.7 Å². The van der Waals surface area contributed by atoms with Gasteiger partial charge in [-0.1, -0.05) is 18.8 Å². The summed E-state index contributed by atoms with van der Waals surface area (Å²) in [5.41, 5.74) is 0.717. The standard InChI is InChI=1S/C21H29N3O5/c1-13-10-24(14(2)12-25)21(28)18-8-17(7-6-15(3)26)9-22-20(18)29-19(13)11-23(5)16(4)27/h8-9,13-15,19,25-26H,10-12H2,1-5H3/t13-,14-,15-,19+/m0/s1. The molecule has 1 aromatic rings. The summed E-state index contributed by atoms with van der Waals surface area (Å²) in [4.78, 5) is 32.3. The number of fused-ring (bicyclic) bond motifs is 1. The van der Waals surface area contributed by atoms with Crippen LogP contribution in [0.5, 0.6) is 5.88 Å². The molecule has 2 heterocycles. The van der Waals surface area contributed by atoms with E-state index in [1.165, 1.54) is 13.1 Å². The first-order valence-corrected chi connectivity index (χ1v) is 9.63. The Morgan fingerprint density at radius 1 is 1.48 bits per heavy atom. The van der Waals surface area contributed by atoms with E-state index in [0.717, 1.165) is 0 Å². The van der Waals surface area contributed by atoms with Gasteiger partial charge in [0, 0.05) is 38.2 Å². The van der Waals surface area contributed by atoms with Gasteiger partial charge in [0.15, 0.2) is 0 Å². The van der Waals surface area contributed by atoms with Crippen LogP contribution in [-0.2, 0) is 4.79 Å². The van der Waals surface area contributed by atoms with Gasteiger partial charge in [0.05, 0.1) is 19.2 Å². The van der Waals surface area contributed by atoms with E-state index in [0.29, 0.717) is 18.7 Å². The Morgan fingerprint density at radius 2 is 2.17 bits per heavy atom. The molecule has 0 aliphatic carbocycles. The van der Waals surface area contributed by atoms with Crippen LogP contribution in [-0.4, -0.2) is 81.8 Å². The van der Waals surface area contributed by atoms with Crippen molar-refractivity contribution >= 4 is 11.8 Å². The number of rotatable bonds is 4. The summed E-state index contributed by atoms with van der Waals surface area (Å²) < 4.78 is 6.07. The number of carbonyl (C=O) groups excluding carboxylic acids is 2. The van der Waals surface area contributed by atoms with Crippen LogP contribution >= 0.6 is 0 Å². The van der Waals surface area contributed by atoms with Crippen LogP contribution in [0.15, 0.2) is 12.3 Å². The molecule has 0 saturated heterocycles. The normalized spacial score (nSPS) is 20.9. The summed E-state index contributed by atoms with van der Waals surface area (Å²) >= 11 is 0. The third kappa shape index (κ3) is 5.68. The third-order valence-electron chi connectivity index (χ3n) is 4.94. The number of hydrogen-bond acceptors (Lipinski definition) is 6. The van der Waals surface area contributed by atoms with E-state index >= 15 is 0 Å². The lowest BCUT2D eigenvalue weighted by Crippen LogP contribution is -2.50. The van der Waals surface area contributed by atoms with Crippen molar-refractivity contribution in [1.29, 1.82) is 0 Å². The number of ether oxygens (including phenoxy) is 1. The predicted molar refractivity (Wildman–Crippen MR) is 107 cm³/mol. The van der Waals surface area contributed by atoms with E-state index in [1.807, 2.05) is 6.92 Å². The van der Waals surface area contributed by atoms with Crippen LogP contribution in [0.2, 0.25) is 0 Å². The second-order valence-electron chi connectivity index (χ2n) is 7.54. The van der Waals surface area contributed by atoms with Crippen molar-refractivity contribution in [2.45, 2.75) is 45.9 Å². The molecule has 8 heteroatoms. The van der Waals surface area contributed by atoms with Crippen molar-refractivity contribution in [3.63, 3.8) is 0 Å². The zero-order chi connectivity index (χ0) is 21.7. The minimum Gasteiger partial charge on any atom is -0.472 e. The monoisotopic (exact) mass is 403 g/mol. The Hall–Kier alpha value is -2.63. The largest absolute Gasteiger partial charge is 0.472 e. The predicted octanol–water partition coefficient (Wildman–Crippen LogP) is 0.512. The van der Waals surface area contributed by atoms with Gasteiger partial charge in [-0.05, 0) is 19.9 Å². The summed E-state index contributed by atoms with van der Waals surface area (Å²) in [6.45, 7) is 7.27. The molecule has 1 aromatic heterocycles. The summed E-state index contributed by atoms with van der Waals surface area (Å²) in [5, 5.41) is 19.0. The molecule has 0 bridgehead atoms. The van der Waals surface area contributed by atoms with Crippen molar-refractivity contribution < 1.29 is 24.5 Å². The zero-order valence-electron chi connectivity index (χ0n) is 17.5. The van der Waals surface area contributed by atoms with Crippen molar-refractivity contribution in [3.05, 3.63) is 23.4 Å². The summed E-state index contributed by atoms with van der Waals surface area (Å²) in [5.74, 6) is 5.09. The summed E-state index contributed by atoms with van der Waals surface area (Å²) in [6.07, 6.45) is 0.299. The first-order valence-electron chi connectivity index (χ1n) is 9.63. The van der Waals surface area contributed by atoms with Gasteiger partial charge in [-0.25, -0.2) is 4.98 Å². The fourth-order valence-corrected chi connectivity index (χ4v) is 2.97. The summed E-state index contributed by atoms with van der Waals surface area (Å²) in [6, 6.07) is 1.19. The lowest BCUT2D eigenvalue weighted by atomic mass is 10.00. The van der Waals surface area contributed by atoms with Gasteiger partial charge in [0.1, 0.15) is 17.8 Å². The lowest BCUT2D eigenvalue weighted by Gasteiger charge is -2.37. The highest BCUT2D eigenvalue weighted by molar-refractivity contribution is 5.97. The topological polar surface area (TPSA) is 103 Å². The van der Waals surface area contributed by atoms with Crippen LogP contribution in [0.25, 0.3) is 0 Å². The number of aliphatic hydroxyl groups excluding tert-OH is 2. The highest BCUT2D eigenvalue weighted by atomic mass is 16.5. The molecule has 2 N–H and O–H groups in total. The average Bonchev–Trinajstić information content (AvgIpc) is 2.68. The van der Waals surface area contributed by atoms with Crippen LogP contribution < -0.4 is 4.74 Å². The molecule has 1 aliphatic heterocycles. The second-order valence-corrected chi connectivity index (χ2v) is 7.54.